The van der Waals surface area contributed by atoms with Crippen LogP contribution >= 0.6 is 0 Å². The number of methoxy groups -OCH3 is 1. The standard InChI is InChI=1S/C20H19FN2O3/c1-12(2)23-18(10-13-4-5-14(21)11-17(13)20(23)25)19(24)22-15-6-8-16(26-3)9-7-15/h4-12H,1-3H3,(H,22,24). The number of amides is 1. The molecule has 0 atom stereocenters. The van der Waals surface area contributed by atoms with Crippen LogP contribution in [0.2, 0.25) is 0 Å². The van der Waals surface area contributed by atoms with Crippen LogP contribution in [0.3, 0.4) is 0 Å². The van der Waals surface area contributed by atoms with Gasteiger partial charge in [0.05, 0.1) is 12.5 Å². The Morgan fingerprint density at radius 1 is 1.12 bits per heavy atom. The van der Waals surface area contributed by atoms with Gasteiger partial charge in [0.2, 0.25) is 0 Å². The van der Waals surface area contributed by atoms with Crippen molar-refractivity contribution in [1.29, 1.82) is 0 Å². The van der Waals surface area contributed by atoms with E-state index in [-0.39, 0.29) is 17.1 Å². The molecule has 2 aromatic carbocycles. The summed E-state index contributed by atoms with van der Waals surface area (Å²) in [6, 6.07) is 12.2. The summed E-state index contributed by atoms with van der Waals surface area (Å²) in [7, 11) is 1.56. The van der Waals surface area contributed by atoms with Crippen LogP contribution in [0.4, 0.5) is 10.1 Å². The monoisotopic (exact) mass is 354 g/mol. The van der Waals surface area contributed by atoms with E-state index in [9.17, 15) is 14.0 Å². The molecule has 0 aliphatic rings. The van der Waals surface area contributed by atoms with E-state index in [1.165, 1.54) is 22.8 Å². The molecule has 1 aromatic heterocycles. The largest absolute Gasteiger partial charge is 0.497 e. The van der Waals surface area contributed by atoms with Gasteiger partial charge >= 0.3 is 0 Å². The fourth-order valence-electron chi connectivity index (χ4n) is 2.85. The van der Waals surface area contributed by atoms with Crippen LogP contribution in [0, 0.1) is 5.82 Å². The number of nitrogens with one attached hydrogen (secondary N) is 1. The van der Waals surface area contributed by atoms with Gasteiger partial charge < -0.3 is 14.6 Å². The summed E-state index contributed by atoms with van der Waals surface area (Å²) in [6.45, 7) is 3.60. The SMILES string of the molecule is COc1ccc(NC(=O)c2cc3ccc(F)cc3c(=O)n2C(C)C)cc1. The van der Waals surface area contributed by atoms with E-state index >= 15 is 0 Å². The first-order valence-corrected chi connectivity index (χ1v) is 8.21. The number of ether oxygens (including phenoxy) is 1. The number of benzene rings is 2. The van der Waals surface area contributed by atoms with Crippen LogP contribution in [0.1, 0.15) is 30.4 Å². The normalized spacial score (nSPS) is 11.0. The molecule has 5 nitrogen and oxygen atoms in total. The molecule has 1 heterocycles. The predicted octanol–water partition coefficient (Wildman–Crippen LogP) is 3.98. The second kappa shape index (κ2) is 7.00. The molecular formula is C20H19FN2O3. The molecule has 26 heavy (non-hydrogen) atoms. The Morgan fingerprint density at radius 3 is 2.42 bits per heavy atom. The molecule has 3 aromatic rings. The Morgan fingerprint density at radius 2 is 1.81 bits per heavy atom. The fourth-order valence-corrected chi connectivity index (χ4v) is 2.85. The number of carbonyl (C=O) groups excluding carboxylic acids is 1. The summed E-state index contributed by atoms with van der Waals surface area (Å²) >= 11 is 0. The summed E-state index contributed by atoms with van der Waals surface area (Å²) in [5.41, 5.74) is 0.412. The summed E-state index contributed by atoms with van der Waals surface area (Å²) < 4.78 is 20.0. The first-order chi connectivity index (χ1) is 12.4. The van der Waals surface area contributed by atoms with Crippen LogP contribution in [-0.4, -0.2) is 17.6 Å². The molecule has 0 saturated carbocycles. The molecule has 0 fully saturated rings. The quantitative estimate of drug-likeness (QED) is 0.771. The molecule has 0 aliphatic heterocycles. The van der Waals surface area contributed by atoms with Crippen molar-refractivity contribution >= 4 is 22.4 Å². The second-order valence-corrected chi connectivity index (χ2v) is 6.21. The van der Waals surface area contributed by atoms with Gasteiger partial charge in [-0.15, -0.1) is 0 Å². The summed E-state index contributed by atoms with van der Waals surface area (Å²) in [5.74, 6) is -0.220. The summed E-state index contributed by atoms with van der Waals surface area (Å²) in [5, 5.41) is 3.55. The van der Waals surface area contributed by atoms with E-state index in [0.717, 1.165) is 0 Å². The van der Waals surface area contributed by atoms with Gasteiger partial charge in [-0.3, -0.25) is 9.59 Å². The topological polar surface area (TPSA) is 60.3 Å². The number of hydrogen-bond acceptors (Lipinski definition) is 3. The highest BCUT2D eigenvalue weighted by Gasteiger charge is 2.18. The highest BCUT2D eigenvalue weighted by atomic mass is 19.1. The number of anilines is 1. The smallest absolute Gasteiger partial charge is 0.272 e. The zero-order chi connectivity index (χ0) is 18.8. The Kier molecular flexibility index (Phi) is 4.75. The maximum Gasteiger partial charge on any atom is 0.272 e. The van der Waals surface area contributed by atoms with Crippen molar-refractivity contribution < 1.29 is 13.9 Å². The number of pyridine rings is 1. The molecule has 3 rings (SSSR count). The van der Waals surface area contributed by atoms with E-state index in [1.807, 2.05) is 0 Å². The summed E-state index contributed by atoms with van der Waals surface area (Å²) in [6.07, 6.45) is 0. The van der Waals surface area contributed by atoms with Crippen molar-refractivity contribution in [2.75, 3.05) is 12.4 Å². The van der Waals surface area contributed by atoms with E-state index in [0.29, 0.717) is 16.8 Å². The number of carbonyl (C=O) groups is 1. The maximum atomic E-state index is 13.5. The Bertz CT molecular complexity index is 1020. The van der Waals surface area contributed by atoms with Gasteiger partial charge in [0.25, 0.3) is 11.5 Å². The molecule has 0 unspecified atom stereocenters. The lowest BCUT2D eigenvalue weighted by Gasteiger charge is -2.17. The van der Waals surface area contributed by atoms with Crippen molar-refractivity contribution in [2.24, 2.45) is 0 Å². The molecular weight excluding hydrogens is 335 g/mol. The zero-order valence-electron chi connectivity index (χ0n) is 14.7. The number of halogens is 1. The highest BCUT2D eigenvalue weighted by molar-refractivity contribution is 6.05. The van der Waals surface area contributed by atoms with Gasteiger partial charge in [-0.05, 0) is 61.7 Å². The van der Waals surface area contributed by atoms with Gasteiger partial charge in [-0.25, -0.2) is 4.39 Å². The van der Waals surface area contributed by atoms with Gasteiger partial charge in [0.15, 0.2) is 0 Å². The first kappa shape index (κ1) is 17.7. The number of rotatable bonds is 4. The molecule has 1 N–H and O–H groups in total. The van der Waals surface area contributed by atoms with Crippen LogP contribution in [0.25, 0.3) is 10.8 Å². The lowest BCUT2D eigenvalue weighted by atomic mass is 10.1. The zero-order valence-corrected chi connectivity index (χ0v) is 14.7. The fraction of sp³-hybridized carbons (Fsp3) is 0.200. The average molecular weight is 354 g/mol. The molecule has 1 amide bonds. The molecule has 134 valence electrons. The van der Waals surface area contributed by atoms with Crippen molar-refractivity contribution in [1.82, 2.24) is 4.57 Å². The highest BCUT2D eigenvalue weighted by Crippen LogP contribution is 2.19. The second-order valence-electron chi connectivity index (χ2n) is 6.21. The Labute approximate surface area is 150 Å². The molecule has 6 heteroatoms. The Hall–Kier alpha value is -3.15. The third-order valence-electron chi connectivity index (χ3n) is 4.11. The number of nitrogens with zero attached hydrogens (tertiary/aromatic N) is 1. The van der Waals surface area contributed by atoms with Crippen LogP contribution in [-0.2, 0) is 0 Å². The molecule has 0 bridgehead atoms. The van der Waals surface area contributed by atoms with Gasteiger partial charge in [-0.1, -0.05) is 6.07 Å². The van der Waals surface area contributed by atoms with Crippen molar-refractivity contribution in [3.05, 3.63) is 70.4 Å². The third kappa shape index (κ3) is 3.31. The minimum absolute atomic E-state index is 0.222. The number of aromatic nitrogens is 1. The Balaban J connectivity index is 2.07. The predicted molar refractivity (Wildman–Crippen MR) is 99.5 cm³/mol. The maximum absolute atomic E-state index is 13.5. The van der Waals surface area contributed by atoms with Gasteiger partial charge in [0, 0.05) is 11.7 Å². The van der Waals surface area contributed by atoms with E-state index < -0.39 is 17.3 Å². The molecule has 0 spiro atoms. The van der Waals surface area contributed by atoms with Crippen molar-refractivity contribution in [3.63, 3.8) is 0 Å². The number of hydrogen-bond donors (Lipinski definition) is 1. The minimum Gasteiger partial charge on any atom is -0.497 e. The van der Waals surface area contributed by atoms with Gasteiger partial charge in [-0.2, -0.15) is 0 Å². The molecule has 0 radical (unpaired) electrons. The minimum atomic E-state index is -0.486. The van der Waals surface area contributed by atoms with E-state index in [4.69, 9.17) is 4.74 Å². The van der Waals surface area contributed by atoms with Crippen LogP contribution in [0.15, 0.2) is 53.3 Å². The van der Waals surface area contributed by atoms with Gasteiger partial charge in [0.1, 0.15) is 17.3 Å². The molecule has 0 aliphatic carbocycles. The van der Waals surface area contributed by atoms with E-state index in [1.54, 1.807) is 51.3 Å². The van der Waals surface area contributed by atoms with E-state index in [2.05, 4.69) is 5.32 Å². The molecule has 0 saturated heterocycles. The number of fused-ring (bicyclic) bond motifs is 1. The lowest BCUT2D eigenvalue weighted by Crippen LogP contribution is -2.30. The average Bonchev–Trinajstić information content (AvgIpc) is 2.62. The van der Waals surface area contributed by atoms with Crippen molar-refractivity contribution in [2.45, 2.75) is 19.9 Å². The summed E-state index contributed by atoms with van der Waals surface area (Å²) in [4.78, 5) is 25.6. The first-order valence-electron chi connectivity index (χ1n) is 8.21. The third-order valence-corrected chi connectivity index (χ3v) is 4.11. The van der Waals surface area contributed by atoms with Crippen LogP contribution in [0.5, 0.6) is 5.75 Å². The van der Waals surface area contributed by atoms with Crippen LogP contribution < -0.4 is 15.6 Å². The lowest BCUT2D eigenvalue weighted by molar-refractivity contribution is 0.101. The van der Waals surface area contributed by atoms with Crippen molar-refractivity contribution in [3.8, 4) is 5.75 Å².